The van der Waals surface area contributed by atoms with Crippen molar-refractivity contribution in [1.29, 1.82) is 0 Å². The summed E-state index contributed by atoms with van der Waals surface area (Å²) in [7, 11) is 0. The molecule has 1 aromatic heterocycles. The van der Waals surface area contributed by atoms with Crippen LogP contribution in [0.2, 0.25) is 0 Å². The molecule has 3 aromatic rings. The van der Waals surface area contributed by atoms with Crippen LogP contribution in [0, 0.1) is 0 Å². The maximum absolute atomic E-state index is 10.4. The van der Waals surface area contributed by atoms with E-state index in [9.17, 15) is 5.11 Å². The summed E-state index contributed by atoms with van der Waals surface area (Å²) >= 11 is 3.40. The molecule has 0 amide bonds. The number of fused-ring (bicyclic) bond motifs is 1. The number of halogens is 1. The fraction of sp³-hybridized carbons (Fsp3) is 0.316. The number of aliphatic hydroxyl groups is 1. The number of hydrogen-bond acceptors (Lipinski definition) is 3. The summed E-state index contributed by atoms with van der Waals surface area (Å²) in [6.45, 7) is 0.765. The second-order valence-electron chi connectivity index (χ2n) is 6.26. The first-order chi connectivity index (χ1) is 11.7. The summed E-state index contributed by atoms with van der Waals surface area (Å²) in [6.07, 6.45) is 1.80. The number of aliphatic hydroxyl groups excluding tert-OH is 1. The fourth-order valence-electron chi connectivity index (χ4n) is 2.93. The summed E-state index contributed by atoms with van der Waals surface area (Å²) in [5.74, 6) is 2.39. The Morgan fingerprint density at radius 1 is 1.17 bits per heavy atom. The average Bonchev–Trinajstić information content (AvgIpc) is 3.38. The van der Waals surface area contributed by atoms with Crippen molar-refractivity contribution < 1.29 is 9.84 Å². The van der Waals surface area contributed by atoms with E-state index in [1.165, 1.54) is 12.8 Å². The van der Waals surface area contributed by atoms with Gasteiger partial charge >= 0.3 is 0 Å². The van der Waals surface area contributed by atoms with Crippen molar-refractivity contribution >= 4 is 27.0 Å². The van der Waals surface area contributed by atoms with Crippen LogP contribution < -0.4 is 4.74 Å². The van der Waals surface area contributed by atoms with Gasteiger partial charge in [0.1, 0.15) is 24.3 Å². The minimum absolute atomic E-state index is 0.262. The fourth-order valence-corrected chi connectivity index (χ4v) is 3.19. The molecule has 0 bridgehead atoms. The highest BCUT2D eigenvalue weighted by molar-refractivity contribution is 9.10. The second kappa shape index (κ2) is 6.57. The topological polar surface area (TPSA) is 47.3 Å². The molecule has 1 aliphatic rings. The van der Waals surface area contributed by atoms with E-state index in [0.29, 0.717) is 12.5 Å². The quantitative estimate of drug-likeness (QED) is 0.692. The highest BCUT2D eigenvalue weighted by atomic mass is 79.9. The first-order valence-electron chi connectivity index (χ1n) is 8.22. The molecule has 1 atom stereocenters. The van der Waals surface area contributed by atoms with E-state index in [0.717, 1.165) is 27.1 Å². The zero-order valence-corrected chi connectivity index (χ0v) is 14.8. The van der Waals surface area contributed by atoms with Crippen LogP contribution in [0.4, 0.5) is 0 Å². The van der Waals surface area contributed by atoms with E-state index in [-0.39, 0.29) is 6.61 Å². The van der Waals surface area contributed by atoms with Crippen LogP contribution in [0.15, 0.2) is 53.0 Å². The molecule has 1 N–H and O–H groups in total. The first kappa shape index (κ1) is 15.7. The first-order valence-corrected chi connectivity index (χ1v) is 9.01. The van der Waals surface area contributed by atoms with Gasteiger partial charge < -0.3 is 14.4 Å². The summed E-state index contributed by atoms with van der Waals surface area (Å²) in [6, 6.07) is 15.7. The maximum atomic E-state index is 10.4. The van der Waals surface area contributed by atoms with Crippen LogP contribution in [-0.2, 0) is 6.54 Å². The standard InChI is InChI=1S/C19H19BrN2O2/c20-14-7-9-16(10-8-14)24-12-15(23)11-22-18-4-2-1-3-17(18)21-19(22)13-5-6-13/h1-4,7-10,13,15,23H,5-6,11-12H2. The Bertz CT molecular complexity index is 840. The van der Waals surface area contributed by atoms with Gasteiger partial charge in [0.2, 0.25) is 0 Å². The van der Waals surface area contributed by atoms with Crippen LogP contribution >= 0.6 is 15.9 Å². The van der Waals surface area contributed by atoms with Gasteiger partial charge in [-0.1, -0.05) is 28.1 Å². The number of ether oxygens (including phenoxy) is 1. The Morgan fingerprint density at radius 3 is 2.67 bits per heavy atom. The van der Waals surface area contributed by atoms with E-state index in [1.54, 1.807) is 0 Å². The molecule has 24 heavy (non-hydrogen) atoms. The predicted octanol–water partition coefficient (Wildman–Crippen LogP) is 4.12. The van der Waals surface area contributed by atoms with Crippen molar-refractivity contribution in [3.8, 4) is 5.75 Å². The number of benzene rings is 2. The molecule has 0 saturated heterocycles. The van der Waals surface area contributed by atoms with Gasteiger partial charge in [0.25, 0.3) is 0 Å². The molecule has 0 spiro atoms. The van der Waals surface area contributed by atoms with Crippen LogP contribution in [0.1, 0.15) is 24.6 Å². The number of hydrogen-bond donors (Lipinski definition) is 1. The molecule has 0 aliphatic heterocycles. The maximum Gasteiger partial charge on any atom is 0.119 e. The molecule has 4 nitrogen and oxygen atoms in total. The van der Waals surface area contributed by atoms with Crippen molar-refractivity contribution in [2.24, 2.45) is 0 Å². The molecule has 124 valence electrons. The number of para-hydroxylation sites is 2. The van der Waals surface area contributed by atoms with E-state index in [2.05, 4.69) is 26.6 Å². The monoisotopic (exact) mass is 386 g/mol. The molecule has 1 aliphatic carbocycles. The third kappa shape index (κ3) is 3.32. The van der Waals surface area contributed by atoms with Gasteiger partial charge in [0.05, 0.1) is 17.6 Å². The lowest BCUT2D eigenvalue weighted by Crippen LogP contribution is -2.24. The van der Waals surface area contributed by atoms with Gasteiger partial charge in [-0.05, 0) is 49.2 Å². The lowest BCUT2D eigenvalue weighted by atomic mass is 10.3. The number of nitrogens with zero attached hydrogens (tertiary/aromatic N) is 2. The van der Waals surface area contributed by atoms with Gasteiger partial charge in [-0.15, -0.1) is 0 Å². The van der Waals surface area contributed by atoms with Crippen LogP contribution in [0.5, 0.6) is 5.75 Å². The van der Waals surface area contributed by atoms with Gasteiger partial charge in [-0.25, -0.2) is 4.98 Å². The molecule has 2 aromatic carbocycles. The second-order valence-corrected chi connectivity index (χ2v) is 7.18. The van der Waals surface area contributed by atoms with Crippen molar-refractivity contribution in [2.45, 2.75) is 31.4 Å². The molecule has 5 heteroatoms. The van der Waals surface area contributed by atoms with E-state index >= 15 is 0 Å². The molecule has 1 fully saturated rings. The minimum Gasteiger partial charge on any atom is -0.491 e. The van der Waals surface area contributed by atoms with Crippen molar-refractivity contribution in [1.82, 2.24) is 9.55 Å². The predicted molar refractivity (Wildman–Crippen MR) is 97.4 cm³/mol. The normalized spacial score (nSPS) is 15.6. The lowest BCUT2D eigenvalue weighted by Gasteiger charge is -2.15. The largest absolute Gasteiger partial charge is 0.491 e. The van der Waals surface area contributed by atoms with E-state index in [4.69, 9.17) is 9.72 Å². The minimum atomic E-state index is -0.580. The van der Waals surface area contributed by atoms with Crippen molar-refractivity contribution in [3.05, 3.63) is 58.8 Å². The number of rotatable bonds is 6. The van der Waals surface area contributed by atoms with Gasteiger partial charge in [0, 0.05) is 10.4 Å². The molecule has 0 radical (unpaired) electrons. The van der Waals surface area contributed by atoms with Crippen LogP contribution in [-0.4, -0.2) is 27.4 Å². The van der Waals surface area contributed by atoms with E-state index < -0.39 is 6.10 Å². The molecular formula is C19H19BrN2O2. The van der Waals surface area contributed by atoms with Crippen LogP contribution in [0.3, 0.4) is 0 Å². The van der Waals surface area contributed by atoms with Gasteiger partial charge in [-0.2, -0.15) is 0 Å². The Hall–Kier alpha value is -1.85. The molecule has 1 heterocycles. The van der Waals surface area contributed by atoms with Gasteiger partial charge in [0.15, 0.2) is 0 Å². The average molecular weight is 387 g/mol. The smallest absolute Gasteiger partial charge is 0.119 e. The Morgan fingerprint density at radius 2 is 1.92 bits per heavy atom. The summed E-state index contributed by atoms with van der Waals surface area (Å²) in [5.41, 5.74) is 2.09. The highest BCUT2D eigenvalue weighted by Gasteiger charge is 2.30. The molecular weight excluding hydrogens is 368 g/mol. The zero-order valence-electron chi connectivity index (χ0n) is 13.2. The van der Waals surface area contributed by atoms with Gasteiger partial charge in [-0.3, -0.25) is 0 Å². The SMILES string of the molecule is OC(COc1ccc(Br)cc1)Cn1c(C2CC2)nc2ccccc21. The summed E-state index contributed by atoms with van der Waals surface area (Å²) < 4.78 is 8.86. The zero-order chi connectivity index (χ0) is 16.5. The highest BCUT2D eigenvalue weighted by Crippen LogP contribution is 2.40. The Balaban J connectivity index is 1.49. The lowest BCUT2D eigenvalue weighted by molar-refractivity contribution is 0.0927. The Labute approximate surface area is 149 Å². The molecule has 1 unspecified atom stereocenters. The van der Waals surface area contributed by atoms with E-state index in [1.807, 2.05) is 42.5 Å². The van der Waals surface area contributed by atoms with Crippen molar-refractivity contribution in [3.63, 3.8) is 0 Å². The number of aromatic nitrogens is 2. The molecule has 4 rings (SSSR count). The third-order valence-electron chi connectivity index (χ3n) is 4.28. The number of imidazole rings is 1. The summed E-state index contributed by atoms with van der Waals surface area (Å²) in [4.78, 5) is 4.76. The molecule has 1 saturated carbocycles. The Kier molecular flexibility index (Phi) is 4.29. The summed E-state index contributed by atoms with van der Waals surface area (Å²) in [5, 5.41) is 10.4. The van der Waals surface area contributed by atoms with Crippen molar-refractivity contribution in [2.75, 3.05) is 6.61 Å². The van der Waals surface area contributed by atoms with Crippen LogP contribution in [0.25, 0.3) is 11.0 Å². The third-order valence-corrected chi connectivity index (χ3v) is 4.80.